The highest BCUT2D eigenvalue weighted by Crippen LogP contribution is 2.09. The number of aromatic nitrogens is 1. The molecule has 1 rings (SSSR count). The summed E-state index contributed by atoms with van der Waals surface area (Å²) in [5.74, 6) is 0.839. The van der Waals surface area contributed by atoms with Crippen molar-refractivity contribution >= 4 is 34.0 Å². The number of nitrogens with one attached hydrogen (secondary N) is 1. The van der Waals surface area contributed by atoms with Crippen LogP contribution in [-0.2, 0) is 0 Å². The van der Waals surface area contributed by atoms with E-state index in [9.17, 15) is 0 Å². The number of nitrogens with zero attached hydrogens (tertiary/aromatic N) is 1. The van der Waals surface area contributed by atoms with Gasteiger partial charge in [0.15, 0.2) is 0 Å². The molecule has 0 saturated carbocycles. The molecule has 0 saturated heterocycles. The molecule has 13 heavy (non-hydrogen) atoms. The number of hydrogen-bond acceptors (Lipinski definition) is 4. The lowest BCUT2D eigenvalue weighted by atomic mass is 10.4. The Kier molecular flexibility index (Phi) is 4.74. The van der Waals surface area contributed by atoms with Crippen molar-refractivity contribution in [3.8, 4) is 0 Å². The van der Waals surface area contributed by atoms with Gasteiger partial charge in [-0.05, 0) is 12.1 Å². The van der Waals surface area contributed by atoms with Crippen molar-refractivity contribution in [2.24, 2.45) is 5.73 Å². The highest BCUT2D eigenvalue weighted by atomic mass is 32.2. The number of rotatable bonds is 3. The Morgan fingerprint density at radius 2 is 2.54 bits per heavy atom. The molecule has 5 heteroatoms. The summed E-state index contributed by atoms with van der Waals surface area (Å²) in [6.45, 7) is 0.638. The van der Waals surface area contributed by atoms with E-state index in [2.05, 4.69) is 10.3 Å². The van der Waals surface area contributed by atoms with Crippen molar-refractivity contribution in [3.63, 3.8) is 0 Å². The molecule has 1 aromatic rings. The van der Waals surface area contributed by atoms with Crippen LogP contribution in [0.4, 0.5) is 5.69 Å². The molecule has 0 atom stereocenters. The topological polar surface area (TPSA) is 50.9 Å². The molecule has 1 aromatic heterocycles. The summed E-state index contributed by atoms with van der Waals surface area (Å²) >= 11 is 6.61. The van der Waals surface area contributed by atoms with E-state index in [1.807, 2.05) is 12.1 Å². The summed E-state index contributed by atoms with van der Waals surface area (Å²) < 4.78 is 0.735. The fourth-order valence-electron chi connectivity index (χ4n) is 0.742. The first-order chi connectivity index (χ1) is 6.33. The zero-order valence-corrected chi connectivity index (χ0v) is 8.70. The predicted molar refractivity (Wildman–Crippen MR) is 62.0 cm³/mol. The van der Waals surface area contributed by atoms with Crippen LogP contribution in [0.1, 0.15) is 0 Å². The van der Waals surface area contributed by atoms with Crippen LogP contribution in [0.5, 0.6) is 0 Å². The van der Waals surface area contributed by atoms with Crippen molar-refractivity contribution in [2.45, 2.75) is 0 Å². The normalized spacial score (nSPS) is 9.62. The molecule has 0 bridgehead atoms. The second-order valence-corrected chi connectivity index (χ2v) is 4.06. The van der Waals surface area contributed by atoms with Crippen LogP contribution in [0.15, 0.2) is 24.5 Å². The van der Waals surface area contributed by atoms with Gasteiger partial charge in [-0.15, -0.1) is 0 Å². The maximum absolute atomic E-state index is 5.35. The van der Waals surface area contributed by atoms with Gasteiger partial charge in [-0.2, -0.15) is 0 Å². The largest absolute Gasteiger partial charge is 0.340 e. The van der Waals surface area contributed by atoms with Crippen LogP contribution < -0.4 is 11.1 Å². The highest BCUT2D eigenvalue weighted by Gasteiger charge is 1.96. The minimum absolute atomic E-state index is 0.638. The SMILES string of the molecule is NCCSC(=S)Nc1cccnc1. The quantitative estimate of drug-likeness (QED) is 0.745. The fourth-order valence-corrected chi connectivity index (χ4v) is 1.60. The maximum atomic E-state index is 5.35. The van der Waals surface area contributed by atoms with E-state index >= 15 is 0 Å². The summed E-state index contributed by atoms with van der Waals surface area (Å²) in [4.78, 5) is 3.96. The molecule has 70 valence electrons. The Morgan fingerprint density at radius 1 is 1.69 bits per heavy atom. The molecule has 1 heterocycles. The van der Waals surface area contributed by atoms with E-state index in [1.54, 1.807) is 12.4 Å². The fraction of sp³-hybridized carbons (Fsp3) is 0.250. The molecule has 0 spiro atoms. The molecule has 0 aliphatic rings. The van der Waals surface area contributed by atoms with Crippen LogP contribution >= 0.6 is 24.0 Å². The lowest BCUT2D eigenvalue weighted by Gasteiger charge is -2.05. The lowest BCUT2D eigenvalue weighted by Crippen LogP contribution is -2.09. The van der Waals surface area contributed by atoms with Gasteiger partial charge in [-0.1, -0.05) is 24.0 Å². The van der Waals surface area contributed by atoms with E-state index in [0.717, 1.165) is 15.8 Å². The van der Waals surface area contributed by atoms with E-state index in [1.165, 1.54) is 11.8 Å². The molecule has 3 nitrogen and oxygen atoms in total. The number of anilines is 1. The van der Waals surface area contributed by atoms with E-state index in [4.69, 9.17) is 18.0 Å². The van der Waals surface area contributed by atoms with E-state index in [0.29, 0.717) is 6.54 Å². The summed E-state index contributed by atoms with van der Waals surface area (Å²) in [5, 5.41) is 3.05. The molecule has 0 aliphatic heterocycles. The number of nitrogens with two attached hydrogens (primary N) is 1. The standard InChI is InChI=1S/C8H11N3S2/c9-3-5-13-8(12)11-7-2-1-4-10-6-7/h1-2,4,6H,3,5,9H2,(H,11,12). The van der Waals surface area contributed by atoms with Gasteiger partial charge in [0.2, 0.25) is 0 Å². The Hall–Kier alpha value is -0.650. The maximum Gasteiger partial charge on any atom is 0.138 e. The summed E-state index contributed by atoms with van der Waals surface area (Å²) in [6.07, 6.45) is 3.45. The molecular weight excluding hydrogens is 202 g/mol. The monoisotopic (exact) mass is 213 g/mol. The number of hydrogen-bond donors (Lipinski definition) is 2. The predicted octanol–water partition coefficient (Wildman–Crippen LogP) is 1.47. The molecule has 3 N–H and O–H groups in total. The molecule has 0 fully saturated rings. The van der Waals surface area contributed by atoms with Crippen LogP contribution in [0.2, 0.25) is 0 Å². The average molecular weight is 213 g/mol. The molecular formula is C8H11N3S2. The van der Waals surface area contributed by atoms with E-state index in [-0.39, 0.29) is 0 Å². The Morgan fingerprint density at radius 3 is 3.15 bits per heavy atom. The Bertz CT molecular complexity index is 263. The van der Waals surface area contributed by atoms with Gasteiger partial charge in [0.1, 0.15) is 4.32 Å². The minimum Gasteiger partial charge on any atom is -0.340 e. The van der Waals surface area contributed by atoms with Crippen molar-refractivity contribution < 1.29 is 0 Å². The smallest absolute Gasteiger partial charge is 0.138 e. The third-order valence-corrected chi connectivity index (χ3v) is 2.52. The van der Waals surface area contributed by atoms with Crippen LogP contribution in [-0.4, -0.2) is 21.6 Å². The van der Waals surface area contributed by atoms with Gasteiger partial charge < -0.3 is 11.1 Å². The number of thioether (sulfide) groups is 1. The summed E-state index contributed by atoms with van der Waals surface area (Å²) in [6, 6.07) is 3.78. The van der Waals surface area contributed by atoms with Gasteiger partial charge in [-0.3, -0.25) is 4.98 Å². The summed E-state index contributed by atoms with van der Waals surface area (Å²) in [7, 11) is 0. The second-order valence-electron chi connectivity index (χ2n) is 2.29. The first-order valence-corrected chi connectivity index (χ1v) is 5.26. The Labute approximate surface area is 87.1 Å². The van der Waals surface area contributed by atoms with Gasteiger partial charge in [-0.25, -0.2) is 0 Å². The van der Waals surface area contributed by atoms with Gasteiger partial charge in [0.05, 0.1) is 11.9 Å². The first-order valence-electron chi connectivity index (χ1n) is 3.87. The van der Waals surface area contributed by atoms with Crippen LogP contribution in [0.3, 0.4) is 0 Å². The van der Waals surface area contributed by atoms with Crippen molar-refractivity contribution in [1.82, 2.24) is 4.98 Å². The molecule has 0 aliphatic carbocycles. The van der Waals surface area contributed by atoms with Crippen LogP contribution in [0, 0.1) is 0 Å². The third kappa shape index (κ3) is 4.21. The zero-order chi connectivity index (χ0) is 9.52. The Balaban J connectivity index is 2.37. The highest BCUT2D eigenvalue weighted by molar-refractivity contribution is 8.23. The molecule has 0 radical (unpaired) electrons. The van der Waals surface area contributed by atoms with Crippen molar-refractivity contribution in [3.05, 3.63) is 24.5 Å². The number of pyridine rings is 1. The minimum atomic E-state index is 0.638. The average Bonchev–Trinajstić information content (AvgIpc) is 2.16. The van der Waals surface area contributed by atoms with Gasteiger partial charge >= 0.3 is 0 Å². The zero-order valence-electron chi connectivity index (χ0n) is 7.06. The van der Waals surface area contributed by atoms with Crippen LogP contribution in [0.25, 0.3) is 0 Å². The van der Waals surface area contributed by atoms with Crippen molar-refractivity contribution in [2.75, 3.05) is 17.6 Å². The molecule has 0 amide bonds. The molecule has 0 aromatic carbocycles. The molecule has 0 unspecified atom stereocenters. The lowest BCUT2D eigenvalue weighted by molar-refractivity contribution is 1.15. The van der Waals surface area contributed by atoms with Gasteiger partial charge in [0, 0.05) is 18.5 Å². The third-order valence-electron chi connectivity index (χ3n) is 1.26. The first kappa shape index (κ1) is 10.4. The summed E-state index contributed by atoms with van der Waals surface area (Å²) in [5.41, 5.74) is 6.26. The van der Waals surface area contributed by atoms with E-state index < -0.39 is 0 Å². The number of thiocarbonyl (C=S) groups is 1. The van der Waals surface area contributed by atoms with Gasteiger partial charge in [0.25, 0.3) is 0 Å². The second kappa shape index (κ2) is 5.90. The van der Waals surface area contributed by atoms with Crippen molar-refractivity contribution in [1.29, 1.82) is 0 Å².